The lowest BCUT2D eigenvalue weighted by molar-refractivity contribution is 0.0889. The van der Waals surface area contributed by atoms with Crippen LogP contribution in [0.5, 0.6) is 0 Å². The predicted octanol–water partition coefficient (Wildman–Crippen LogP) is 1.63. The molecule has 1 aromatic carbocycles. The van der Waals surface area contributed by atoms with Gasteiger partial charge < -0.3 is 5.73 Å². The van der Waals surface area contributed by atoms with Gasteiger partial charge in [-0.2, -0.15) is 0 Å². The summed E-state index contributed by atoms with van der Waals surface area (Å²) in [4.78, 5) is 14.6. The van der Waals surface area contributed by atoms with E-state index in [0.29, 0.717) is 16.2 Å². The number of carbonyl (C=O) groups excluding carboxylic acids is 1. The molecule has 3 nitrogen and oxygen atoms in total. The standard InChI is InChI=1S/C11H13FN2OS/c1-14(2)8-5-16-9-4-6(12)3-7(13)10(9)11(8)15/h3-4,8H,5,13H2,1-2H3. The Kier molecular flexibility index (Phi) is 2.90. The molecule has 0 saturated carbocycles. The molecule has 0 fully saturated rings. The molecule has 0 radical (unpaired) electrons. The van der Waals surface area contributed by atoms with Gasteiger partial charge in [0.05, 0.1) is 11.6 Å². The number of ketones is 1. The lowest BCUT2D eigenvalue weighted by Gasteiger charge is -2.28. The first-order valence-electron chi connectivity index (χ1n) is 4.93. The van der Waals surface area contributed by atoms with Gasteiger partial charge in [-0.25, -0.2) is 4.39 Å². The van der Waals surface area contributed by atoms with Crippen LogP contribution in [0.2, 0.25) is 0 Å². The molecule has 1 heterocycles. The van der Waals surface area contributed by atoms with E-state index < -0.39 is 0 Å². The van der Waals surface area contributed by atoms with E-state index in [4.69, 9.17) is 5.73 Å². The van der Waals surface area contributed by atoms with Crippen LogP contribution < -0.4 is 5.73 Å². The van der Waals surface area contributed by atoms with Gasteiger partial charge in [0.25, 0.3) is 0 Å². The molecule has 0 spiro atoms. The number of likely N-dealkylation sites (N-methyl/N-ethyl adjacent to an activating group) is 1. The molecule has 1 atom stereocenters. The van der Waals surface area contributed by atoms with Crippen molar-refractivity contribution < 1.29 is 9.18 Å². The second-order valence-corrected chi connectivity index (χ2v) is 5.08. The van der Waals surface area contributed by atoms with E-state index in [1.807, 2.05) is 19.0 Å². The zero-order valence-corrected chi connectivity index (χ0v) is 9.97. The summed E-state index contributed by atoms with van der Waals surface area (Å²) < 4.78 is 13.1. The first kappa shape index (κ1) is 11.4. The first-order chi connectivity index (χ1) is 7.50. The smallest absolute Gasteiger partial charge is 0.183 e. The highest BCUT2D eigenvalue weighted by Crippen LogP contribution is 2.35. The predicted molar refractivity (Wildman–Crippen MR) is 63.3 cm³/mol. The van der Waals surface area contributed by atoms with Crippen molar-refractivity contribution in [3.8, 4) is 0 Å². The zero-order valence-electron chi connectivity index (χ0n) is 9.16. The molecule has 1 aliphatic heterocycles. The van der Waals surface area contributed by atoms with E-state index in [2.05, 4.69) is 0 Å². The quantitative estimate of drug-likeness (QED) is 0.758. The highest BCUT2D eigenvalue weighted by atomic mass is 32.2. The molecule has 16 heavy (non-hydrogen) atoms. The van der Waals surface area contributed by atoms with Gasteiger partial charge in [0, 0.05) is 16.3 Å². The average molecular weight is 240 g/mol. The minimum atomic E-state index is -0.389. The largest absolute Gasteiger partial charge is 0.398 e. The number of hydrogen-bond acceptors (Lipinski definition) is 4. The van der Waals surface area contributed by atoms with E-state index in [1.54, 1.807) is 0 Å². The van der Waals surface area contributed by atoms with Crippen LogP contribution in [-0.2, 0) is 0 Å². The number of benzene rings is 1. The molecule has 0 aromatic heterocycles. The van der Waals surface area contributed by atoms with Gasteiger partial charge in [-0.15, -0.1) is 11.8 Å². The van der Waals surface area contributed by atoms with Gasteiger partial charge in [0.15, 0.2) is 5.78 Å². The molecule has 86 valence electrons. The highest BCUT2D eigenvalue weighted by Gasteiger charge is 2.31. The summed E-state index contributed by atoms with van der Waals surface area (Å²) >= 11 is 1.47. The van der Waals surface area contributed by atoms with Gasteiger partial charge in [0.2, 0.25) is 0 Å². The van der Waals surface area contributed by atoms with E-state index in [1.165, 1.54) is 23.9 Å². The van der Waals surface area contributed by atoms with Crippen LogP contribution in [0.4, 0.5) is 10.1 Å². The van der Waals surface area contributed by atoms with Crippen LogP contribution in [0, 0.1) is 5.82 Å². The summed E-state index contributed by atoms with van der Waals surface area (Å²) in [5.41, 5.74) is 6.41. The molecular formula is C11H13FN2OS. The minimum Gasteiger partial charge on any atom is -0.398 e. The van der Waals surface area contributed by atoms with E-state index in [0.717, 1.165) is 0 Å². The molecule has 2 rings (SSSR count). The molecule has 1 unspecified atom stereocenters. The van der Waals surface area contributed by atoms with Crippen molar-refractivity contribution >= 4 is 23.2 Å². The molecule has 0 amide bonds. The Balaban J connectivity index is 2.49. The average Bonchev–Trinajstić information content (AvgIpc) is 2.15. The number of rotatable bonds is 1. The molecule has 0 aliphatic carbocycles. The topological polar surface area (TPSA) is 46.3 Å². The molecule has 1 aliphatic rings. The summed E-state index contributed by atoms with van der Waals surface area (Å²) in [5, 5.41) is 0. The summed E-state index contributed by atoms with van der Waals surface area (Å²) in [6.45, 7) is 0. The third kappa shape index (κ3) is 1.81. The highest BCUT2D eigenvalue weighted by molar-refractivity contribution is 7.99. The third-order valence-electron chi connectivity index (χ3n) is 2.67. The Bertz CT molecular complexity index is 448. The molecule has 1 aromatic rings. The van der Waals surface area contributed by atoms with Crippen molar-refractivity contribution in [3.05, 3.63) is 23.5 Å². The van der Waals surface area contributed by atoms with Crippen molar-refractivity contribution in [1.82, 2.24) is 4.90 Å². The maximum Gasteiger partial charge on any atom is 0.183 e. The fourth-order valence-corrected chi connectivity index (χ4v) is 3.12. The Hall–Kier alpha value is -1.07. The van der Waals surface area contributed by atoms with Crippen molar-refractivity contribution in [2.45, 2.75) is 10.9 Å². The normalized spacial score (nSPS) is 20.0. The van der Waals surface area contributed by atoms with E-state index in [9.17, 15) is 9.18 Å². The van der Waals surface area contributed by atoms with Gasteiger partial charge in [-0.3, -0.25) is 9.69 Å². The number of anilines is 1. The van der Waals surface area contributed by atoms with Crippen molar-refractivity contribution in [3.63, 3.8) is 0 Å². The number of nitrogens with zero attached hydrogens (tertiary/aromatic N) is 1. The van der Waals surface area contributed by atoms with E-state index in [-0.39, 0.29) is 23.3 Å². The minimum absolute atomic E-state index is 0.0174. The molecular weight excluding hydrogens is 227 g/mol. The maximum absolute atomic E-state index is 13.1. The van der Waals surface area contributed by atoms with Crippen molar-refractivity contribution in [1.29, 1.82) is 0 Å². The number of fused-ring (bicyclic) bond motifs is 1. The number of carbonyl (C=O) groups is 1. The summed E-state index contributed by atoms with van der Waals surface area (Å²) in [6, 6.07) is 2.40. The number of nitrogens with two attached hydrogens (primary N) is 1. The number of thioether (sulfide) groups is 1. The van der Waals surface area contributed by atoms with Crippen LogP contribution >= 0.6 is 11.8 Å². The second-order valence-electron chi connectivity index (χ2n) is 4.02. The summed E-state index contributed by atoms with van der Waals surface area (Å²) in [6.07, 6.45) is 0. The Morgan fingerprint density at radius 1 is 1.50 bits per heavy atom. The third-order valence-corrected chi connectivity index (χ3v) is 3.78. The van der Waals surface area contributed by atoms with Crippen LogP contribution in [-0.4, -0.2) is 36.6 Å². The lowest BCUT2D eigenvalue weighted by atomic mass is 10.0. The van der Waals surface area contributed by atoms with Gasteiger partial charge in [0.1, 0.15) is 5.82 Å². The van der Waals surface area contributed by atoms with Gasteiger partial charge >= 0.3 is 0 Å². The summed E-state index contributed by atoms with van der Waals surface area (Å²) in [7, 11) is 3.71. The van der Waals surface area contributed by atoms with Crippen molar-refractivity contribution in [2.75, 3.05) is 25.6 Å². The van der Waals surface area contributed by atoms with Gasteiger partial charge in [-0.1, -0.05) is 0 Å². The van der Waals surface area contributed by atoms with Crippen molar-refractivity contribution in [2.24, 2.45) is 0 Å². The molecule has 0 saturated heterocycles. The maximum atomic E-state index is 13.1. The summed E-state index contributed by atoms with van der Waals surface area (Å²) in [5.74, 6) is 0.234. The number of Topliss-reactive ketones (excluding diaryl/α,β-unsaturated/α-hetero) is 1. The zero-order chi connectivity index (χ0) is 11.9. The Morgan fingerprint density at radius 3 is 2.81 bits per heavy atom. The fourth-order valence-electron chi connectivity index (χ4n) is 1.77. The molecule has 5 heteroatoms. The lowest BCUT2D eigenvalue weighted by Crippen LogP contribution is -2.40. The van der Waals surface area contributed by atoms with E-state index >= 15 is 0 Å². The van der Waals surface area contributed by atoms with Crippen LogP contribution in [0.3, 0.4) is 0 Å². The number of hydrogen-bond donors (Lipinski definition) is 1. The first-order valence-corrected chi connectivity index (χ1v) is 5.91. The van der Waals surface area contributed by atoms with Crippen LogP contribution in [0.25, 0.3) is 0 Å². The monoisotopic (exact) mass is 240 g/mol. The Labute approximate surface area is 97.8 Å². The fraction of sp³-hybridized carbons (Fsp3) is 0.364. The number of halogens is 1. The SMILES string of the molecule is CN(C)C1CSc2cc(F)cc(N)c2C1=O. The van der Waals surface area contributed by atoms with Crippen LogP contribution in [0.15, 0.2) is 17.0 Å². The Morgan fingerprint density at radius 2 is 2.19 bits per heavy atom. The molecule has 0 bridgehead atoms. The van der Waals surface area contributed by atoms with Crippen LogP contribution in [0.1, 0.15) is 10.4 Å². The molecule has 2 N–H and O–H groups in total. The number of nitrogen functional groups attached to an aromatic ring is 1. The second kappa shape index (κ2) is 4.07. The van der Waals surface area contributed by atoms with Gasteiger partial charge in [-0.05, 0) is 26.2 Å².